The molecule has 0 N–H and O–H groups in total. The van der Waals surface area contributed by atoms with E-state index in [9.17, 15) is 0 Å². The standard InChI is InChI=1S/C15H17ClN2/c1-3-7-12-10-14(16)18-15(17-12)13-9-6-5-8-11(13)4-2/h5-6,8-10H,3-4,7H2,1-2H3. The van der Waals surface area contributed by atoms with Crippen molar-refractivity contribution in [2.45, 2.75) is 33.1 Å². The zero-order valence-corrected chi connectivity index (χ0v) is 11.5. The lowest BCUT2D eigenvalue weighted by atomic mass is 10.0. The molecule has 0 aliphatic heterocycles. The molecule has 0 saturated carbocycles. The van der Waals surface area contributed by atoms with Gasteiger partial charge < -0.3 is 0 Å². The monoisotopic (exact) mass is 260 g/mol. The predicted octanol–water partition coefficient (Wildman–Crippen LogP) is 4.31. The van der Waals surface area contributed by atoms with Crippen LogP contribution in [0.1, 0.15) is 31.5 Å². The van der Waals surface area contributed by atoms with Gasteiger partial charge in [0, 0.05) is 11.3 Å². The minimum absolute atomic E-state index is 0.523. The van der Waals surface area contributed by atoms with E-state index in [1.165, 1.54) is 5.56 Å². The highest BCUT2D eigenvalue weighted by Crippen LogP contribution is 2.23. The van der Waals surface area contributed by atoms with Gasteiger partial charge in [0.05, 0.1) is 0 Å². The second-order valence-electron chi connectivity index (χ2n) is 4.27. The van der Waals surface area contributed by atoms with Crippen molar-refractivity contribution in [3.63, 3.8) is 0 Å². The smallest absolute Gasteiger partial charge is 0.161 e. The lowest BCUT2D eigenvalue weighted by Gasteiger charge is -2.08. The number of halogens is 1. The highest BCUT2D eigenvalue weighted by Gasteiger charge is 2.08. The molecule has 0 unspecified atom stereocenters. The summed E-state index contributed by atoms with van der Waals surface area (Å²) in [6, 6.07) is 10.1. The lowest BCUT2D eigenvalue weighted by Crippen LogP contribution is -1.98. The van der Waals surface area contributed by atoms with E-state index in [0.717, 1.165) is 36.3 Å². The van der Waals surface area contributed by atoms with Crippen LogP contribution in [0.3, 0.4) is 0 Å². The van der Waals surface area contributed by atoms with Gasteiger partial charge in [0.2, 0.25) is 0 Å². The van der Waals surface area contributed by atoms with Crippen LogP contribution in [0, 0.1) is 0 Å². The first-order valence-corrected chi connectivity index (χ1v) is 6.74. The van der Waals surface area contributed by atoms with Crippen molar-refractivity contribution < 1.29 is 0 Å². The van der Waals surface area contributed by atoms with Gasteiger partial charge in [-0.1, -0.05) is 56.1 Å². The van der Waals surface area contributed by atoms with Crippen LogP contribution in [0.5, 0.6) is 0 Å². The van der Waals surface area contributed by atoms with E-state index in [-0.39, 0.29) is 0 Å². The van der Waals surface area contributed by atoms with Crippen molar-refractivity contribution in [2.24, 2.45) is 0 Å². The van der Waals surface area contributed by atoms with E-state index in [0.29, 0.717) is 5.15 Å². The first-order valence-electron chi connectivity index (χ1n) is 6.36. The number of aryl methyl sites for hydroxylation is 2. The average molecular weight is 261 g/mol. The Hall–Kier alpha value is -1.41. The zero-order valence-electron chi connectivity index (χ0n) is 10.8. The van der Waals surface area contributed by atoms with Gasteiger partial charge in [0.25, 0.3) is 0 Å². The van der Waals surface area contributed by atoms with Crippen LogP contribution in [0.4, 0.5) is 0 Å². The Morgan fingerprint density at radius 2 is 1.89 bits per heavy atom. The zero-order chi connectivity index (χ0) is 13.0. The van der Waals surface area contributed by atoms with Crippen LogP contribution < -0.4 is 0 Å². The van der Waals surface area contributed by atoms with Crippen LogP contribution >= 0.6 is 11.6 Å². The maximum Gasteiger partial charge on any atom is 0.161 e. The molecular weight excluding hydrogens is 244 g/mol. The molecule has 0 amide bonds. The van der Waals surface area contributed by atoms with Crippen molar-refractivity contribution in [3.8, 4) is 11.4 Å². The van der Waals surface area contributed by atoms with E-state index >= 15 is 0 Å². The third-order valence-electron chi connectivity index (χ3n) is 2.89. The summed E-state index contributed by atoms with van der Waals surface area (Å²) < 4.78 is 0. The van der Waals surface area contributed by atoms with Crippen molar-refractivity contribution in [1.29, 1.82) is 0 Å². The van der Waals surface area contributed by atoms with E-state index in [4.69, 9.17) is 11.6 Å². The quantitative estimate of drug-likeness (QED) is 0.766. The number of hydrogen-bond acceptors (Lipinski definition) is 2. The predicted molar refractivity (Wildman–Crippen MR) is 75.9 cm³/mol. The highest BCUT2D eigenvalue weighted by atomic mass is 35.5. The average Bonchev–Trinajstić information content (AvgIpc) is 2.38. The van der Waals surface area contributed by atoms with E-state index in [2.05, 4.69) is 35.9 Å². The van der Waals surface area contributed by atoms with Crippen molar-refractivity contribution >= 4 is 11.6 Å². The molecule has 2 nitrogen and oxygen atoms in total. The number of hydrogen-bond donors (Lipinski definition) is 0. The van der Waals surface area contributed by atoms with Gasteiger partial charge in [-0.05, 0) is 24.5 Å². The lowest BCUT2D eigenvalue weighted by molar-refractivity contribution is 0.874. The summed E-state index contributed by atoms with van der Waals surface area (Å²) in [4.78, 5) is 8.96. The van der Waals surface area contributed by atoms with Gasteiger partial charge in [-0.3, -0.25) is 0 Å². The minimum atomic E-state index is 0.523. The summed E-state index contributed by atoms with van der Waals surface area (Å²) in [6.07, 6.45) is 2.96. The molecule has 0 bridgehead atoms. The number of benzene rings is 1. The maximum atomic E-state index is 6.08. The third kappa shape index (κ3) is 2.88. The van der Waals surface area contributed by atoms with Gasteiger partial charge in [-0.15, -0.1) is 0 Å². The molecule has 0 saturated heterocycles. The molecule has 0 spiro atoms. The first-order chi connectivity index (χ1) is 8.74. The van der Waals surface area contributed by atoms with Crippen LogP contribution in [0.15, 0.2) is 30.3 Å². The molecule has 2 aromatic rings. The summed E-state index contributed by atoms with van der Waals surface area (Å²) in [7, 11) is 0. The number of rotatable bonds is 4. The van der Waals surface area contributed by atoms with Gasteiger partial charge in [-0.2, -0.15) is 0 Å². The largest absolute Gasteiger partial charge is 0.233 e. The van der Waals surface area contributed by atoms with Gasteiger partial charge in [0.15, 0.2) is 5.82 Å². The molecule has 1 aromatic carbocycles. The summed E-state index contributed by atoms with van der Waals surface area (Å²) in [6.45, 7) is 4.27. The molecular formula is C15H17ClN2. The summed E-state index contributed by atoms with van der Waals surface area (Å²) in [5.41, 5.74) is 3.35. The maximum absolute atomic E-state index is 6.08. The fourth-order valence-electron chi connectivity index (χ4n) is 2.02. The number of nitrogens with zero attached hydrogens (tertiary/aromatic N) is 2. The van der Waals surface area contributed by atoms with Crippen molar-refractivity contribution in [3.05, 3.63) is 46.7 Å². The highest BCUT2D eigenvalue weighted by molar-refractivity contribution is 6.29. The fourth-order valence-corrected chi connectivity index (χ4v) is 2.22. The van der Waals surface area contributed by atoms with E-state index in [1.54, 1.807) is 0 Å². The van der Waals surface area contributed by atoms with E-state index in [1.807, 2.05) is 18.2 Å². The fraction of sp³-hybridized carbons (Fsp3) is 0.333. The molecule has 1 heterocycles. The Kier molecular flexibility index (Phi) is 4.32. The van der Waals surface area contributed by atoms with Crippen LogP contribution in [0.2, 0.25) is 5.15 Å². The Balaban J connectivity index is 2.49. The molecule has 0 aliphatic rings. The Labute approximate surface area is 113 Å². The SMILES string of the molecule is CCCc1cc(Cl)nc(-c2ccccc2CC)n1. The molecule has 94 valence electrons. The van der Waals surface area contributed by atoms with Crippen LogP contribution in [-0.2, 0) is 12.8 Å². The van der Waals surface area contributed by atoms with Crippen LogP contribution in [-0.4, -0.2) is 9.97 Å². The minimum Gasteiger partial charge on any atom is -0.233 e. The molecule has 1 aromatic heterocycles. The second kappa shape index (κ2) is 5.96. The van der Waals surface area contributed by atoms with Crippen molar-refractivity contribution in [2.75, 3.05) is 0 Å². The Morgan fingerprint density at radius 1 is 1.11 bits per heavy atom. The first kappa shape index (κ1) is 13.0. The molecule has 0 fully saturated rings. The molecule has 0 atom stereocenters. The van der Waals surface area contributed by atoms with Gasteiger partial charge >= 0.3 is 0 Å². The summed E-state index contributed by atoms with van der Waals surface area (Å²) in [5, 5.41) is 0.523. The Morgan fingerprint density at radius 3 is 2.61 bits per heavy atom. The van der Waals surface area contributed by atoms with E-state index < -0.39 is 0 Å². The number of aromatic nitrogens is 2. The van der Waals surface area contributed by atoms with Gasteiger partial charge in [0.1, 0.15) is 5.15 Å². The summed E-state index contributed by atoms with van der Waals surface area (Å²) >= 11 is 6.08. The molecule has 3 heteroatoms. The topological polar surface area (TPSA) is 25.8 Å². The molecule has 0 aliphatic carbocycles. The second-order valence-corrected chi connectivity index (χ2v) is 4.65. The molecule has 2 rings (SSSR count). The molecule has 18 heavy (non-hydrogen) atoms. The third-order valence-corrected chi connectivity index (χ3v) is 3.09. The molecule has 0 radical (unpaired) electrons. The van der Waals surface area contributed by atoms with Crippen molar-refractivity contribution in [1.82, 2.24) is 9.97 Å². The Bertz CT molecular complexity index is 538. The van der Waals surface area contributed by atoms with Crippen LogP contribution in [0.25, 0.3) is 11.4 Å². The normalized spacial score (nSPS) is 10.6. The van der Waals surface area contributed by atoms with Gasteiger partial charge in [-0.25, -0.2) is 9.97 Å². The summed E-state index contributed by atoms with van der Waals surface area (Å²) in [5.74, 6) is 0.739.